The van der Waals surface area contributed by atoms with E-state index in [1.165, 1.54) is 0 Å². The summed E-state index contributed by atoms with van der Waals surface area (Å²) >= 11 is 0. The van der Waals surface area contributed by atoms with Crippen LogP contribution in [-0.4, -0.2) is 35.4 Å². The molecular formula is C17H20N4O2. The van der Waals surface area contributed by atoms with Crippen LogP contribution in [0.25, 0.3) is 0 Å². The van der Waals surface area contributed by atoms with Crippen LogP contribution in [0, 0.1) is 0 Å². The molecule has 3 heterocycles. The summed E-state index contributed by atoms with van der Waals surface area (Å²) in [6.07, 6.45) is 6.74. The van der Waals surface area contributed by atoms with E-state index in [4.69, 9.17) is 4.74 Å². The molecule has 2 aromatic rings. The zero-order valence-corrected chi connectivity index (χ0v) is 12.9. The van der Waals surface area contributed by atoms with E-state index >= 15 is 0 Å². The van der Waals surface area contributed by atoms with Crippen LogP contribution in [0.1, 0.15) is 34.8 Å². The largest absolute Gasteiger partial charge is 0.381 e. The Kier molecular flexibility index (Phi) is 3.75. The Morgan fingerprint density at radius 1 is 1.26 bits per heavy atom. The average molecular weight is 312 g/mol. The summed E-state index contributed by atoms with van der Waals surface area (Å²) in [6, 6.07) is 6.37. The molecule has 23 heavy (non-hydrogen) atoms. The van der Waals surface area contributed by atoms with Crippen molar-refractivity contribution in [2.45, 2.75) is 25.3 Å². The number of carbonyl (C=O) groups is 1. The lowest BCUT2D eigenvalue weighted by Gasteiger charge is -2.22. The molecule has 6 nitrogen and oxygen atoms in total. The number of hydrogen-bond acceptors (Lipinski definition) is 4. The predicted molar refractivity (Wildman–Crippen MR) is 87.1 cm³/mol. The van der Waals surface area contributed by atoms with Gasteiger partial charge in [0.05, 0.1) is 17.9 Å². The van der Waals surface area contributed by atoms with Gasteiger partial charge in [0, 0.05) is 37.2 Å². The SMILES string of the molecule is O=C1NCCc2ccc(Nc3cnn(C4CCOCC4)c3)cc21. The molecule has 0 aliphatic carbocycles. The number of benzene rings is 1. The lowest BCUT2D eigenvalue weighted by molar-refractivity contribution is 0.0662. The third-order valence-corrected chi connectivity index (χ3v) is 4.49. The normalized spacial score (nSPS) is 18.3. The zero-order chi connectivity index (χ0) is 15.6. The highest BCUT2D eigenvalue weighted by Gasteiger charge is 2.18. The molecule has 2 N–H and O–H groups in total. The maximum Gasteiger partial charge on any atom is 0.251 e. The van der Waals surface area contributed by atoms with Gasteiger partial charge in [0.2, 0.25) is 0 Å². The number of carbonyl (C=O) groups excluding carboxylic acids is 1. The van der Waals surface area contributed by atoms with E-state index in [-0.39, 0.29) is 5.91 Å². The molecule has 0 saturated carbocycles. The highest BCUT2D eigenvalue weighted by Crippen LogP contribution is 2.25. The van der Waals surface area contributed by atoms with E-state index in [1.54, 1.807) is 0 Å². The van der Waals surface area contributed by atoms with Crippen molar-refractivity contribution in [3.05, 3.63) is 41.7 Å². The zero-order valence-electron chi connectivity index (χ0n) is 12.9. The molecule has 0 unspecified atom stereocenters. The second-order valence-corrected chi connectivity index (χ2v) is 6.06. The summed E-state index contributed by atoms with van der Waals surface area (Å²) < 4.78 is 7.40. The van der Waals surface area contributed by atoms with Crippen molar-refractivity contribution in [1.82, 2.24) is 15.1 Å². The van der Waals surface area contributed by atoms with E-state index in [1.807, 2.05) is 35.3 Å². The van der Waals surface area contributed by atoms with Gasteiger partial charge in [-0.2, -0.15) is 5.10 Å². The van der Waals surface area contributed by atoms with E-state index in [9.17, 15) is 4.79 Å². The van der Waals surface area contributed by atoms with Gasteiger partial charge in [0.25, 0.3) is 5.91 Å². The fourth-order valence-electron chi connectivity index (χ4n) is 3.21. The van der Waals surface area contributed by atoms with E-state index in [2.05, 4.69) is 15.7 Å². The van der Waals surface area contributed by atoms with Crippen LogP contribution in [0.2, 0.25) is 0 Å². The van der Waals surface area contributed by atoms with Gasteiger partial charge in [-0.1, -0.05) is 6.07 Å². The van der Waals surface area contributed by atoms with Crippen molar-refractivity contribution in [2.75, 3.05) is 25.1 Å². The highest BCUT2D eigenvalue weighted by molar-refractivity contribution is 5.97. The lowest BCUT2D eigenvalue weighted by Crippen LogP contribution is -2.31. The first-order valence-electron chi connectivity index (χ1n) is 8.10. The van der Waals surface area contributed by atoms with Gasteiger partial charge in [-0.15, -0.1) is 0 Å². The Hall–Kier alpha value is -2.34. The van der Waals surface area contributed by atoms with Crippen molar-refractivity contribution in [3.8, 4) is 0 Å². The van der Waals surface area contributed by atoms with Gasteiger partial charge < -0.3 is 15.4 Å². The minimum atomic E-state index is 0.00722. The molecule has 4 rings (SSSR count). The lowest BCUT2D eigenvalue weighted by atomic mass is 10.00. The first-order chi connectivity index (χ1) is 11.3. The maximum absolute atomic E-state index is 11.9. The Bertz CT molecular complexity index is 719. The fourth-order valence-corrected chi connectivity index (χ4v) is 3.21. The number of anilines is 2. The van der Waals surface area contributed by atoms with Crippen molar-refractivity contribution in [3.63, 3.8) is 0 Å². The number of rotatable bonds is 3. The van der Waals surface area contributed by atoms with Crippen LogP contribution in [0.4, 0.5) is 11.4 Å². The van der Waals surface area contributed by atoms with E-state index in [0.29, 0.717) is 6.04 Å². The topological polar surface area (TPSA) is 68.2 Å². The van der Waals surface area contributed by atoms with Crippen LogP contribution in [0.3, 0.4) is 0 Å². The molecular weight excluding hydrogens is 292 g/mol. The number of fused-ring (bicyclic) bond motifs is 1. The van der Waals surface area contributed by atoms with Crippen molar-refractivity contribution in [1.29, 1.82) is 0 Å². The number of amides is 1. The molecule has 2 aliphatic rings. The van der Waals surface area contributed by atoms with Crippen LogP contribution in [-0.2, 0) is 11.2 Å². The minimum Gasteiger partial charge on any atom is -0.381 e. The third-order valence-electron chi connectivity index (χ3n) is 4.49. The quantitative estimate of drug-likeness (QED) is 0.912. The van der Waals surface area contributed by atoms with Crippen LogP contribution >= 0.6 is 0 Å². The van der Waals surface area contributed by atoms with Crippen LogP contribution < -0.4 is 10.6 Å². The first-order valence-corrected chi connectivity index (χ1v) is 8.10. The fraction of sp³-hybridized carbons (Fsp3) is 0.412. The smallest absolute Gasteiger partial charge is 0.251 e. The van der Waals surface area contributed by atoms with E-state index < -0.39 is 0 Å². The number of hydrogen-bond donors (Lipinski definition) is 2. The molecule has 1 aromatic heterocycles. The predicted octanol–water partition coefficient (Wildman–Crippen LogP) is 2.26. The summed E-state index contributed by atoms with van der Waals surface area (Å²) in [5.41, 5.74) is 3.72. The molecule has 0 bridgehead atoms. The summed E-state index contributed by atoms with van der Waals surface area (Å²) in [4.78, 5) is 11.9. The van der Waals surface area contributed by atoms with Gasteiger partial charge >= 0.3 is 0 Å². The number of aromatic nitrogens is 2. The maximum atomic E-state index is 11.9. The summed E-state index contributed by atoms with van der Waals surface area (Å²) in [5.74, 6) is 0.00722. The molecule has 1 amide bonds. The summed E-state index contributed by atoms with van der Waals surface area (Å²) in [5, 5.41) is 10.7. The van der Waals surface area contributed by atoms with Gasteiger partial charge in [0.1, 0.15) is 0 Å². The molecule has 0 atom stereocenters. The number of nitrogens with one attached hydrogen (secondary N) is 2. The van der Waals surface area contributed by atoms with Crippen molar-refractivity contribution < 1.29 is 9.53 Å². The standard InChI is InChI=1S/C17H20N4O2/c22-17-16-9-13(2-1-12(16)3-6-18-17)20-14-10-19-21(11-14)15-4-7-23-8-5-15/h1-2,9-11,15,20H,3-8H2,(H,18,22). The molecule has 1 saturated heterocycles. The Morgan fingerprint density at radius 3 is 3.00 bits per heavy atom. The monoisotopic (exact) mass is 312 g/mol. The molecule has 1 fully saturated rings. The van der Waals surface area contributed by atoms with Gasteiger partial charge in [0.15, 0.2) is 0 Å². The second kappa shape index (κ2) is 6.04. The van der Waals surface area contributed by atoms with Crippen LogP contribution in [0.5, 0.6) is 0 Å². The third kappa shape index (κ3) is 2.94. The van der Waals surface area contributed by atoms with Gasteiger partial charge in [-0.05, 0) is 37.0 Å². The van der Waals surface area contributed by atoms with Crippen molar-refractivity contribution in [2.24, 2.45) is 0 Å². The minimum absolute atomic E-state index is 0.00722. The molecule has 1 aromatic carbocycles. The summed E-state index contributed by atoms with van der Waals surface area (Å²) in [6.45, 7) is 2.32. The van der Waals surface area contributed by atoms with Crippen LogP contribution in [0.15, 0.2) is 30.6 Å². The Labute approximate surface area is 134 Å². The number of ether oxygens (including phenoxy) is 1. The molecule has 2 aliphatic heterocycles. The molecule has 120 valence electrons. The first kappa shape index (κ1) is 14.3. The van der Waals surface area contributed by atoms with Gasteiger partial charge in [-0.25, -0.2) is 0 Å². The second-order valence-electron chi connectivity index (χ2n) is 6.06. The Morgan fingerprint density at radius 2 is 2.13 bits per heavy atom. The molecule has 0 spiro atoms. The summed E-state index contributed by atoms with van der Waals surface area (Å²) in [7, 11) is 0. The van der Waals surface area contributed by atoms with E-state index in [0.717, 1.165) is 61.5 Å². The number of nitrogens with zero attached hydrogens (tertiary/aromatic N) is 2. The molecule has 0 radical (unpaired) electrons. The highest BCUT2D eigenvalue weighted by atomic mass is 16.5. The average Bonchev–Trinajstić information content (AvgIpc) is 3.05. The van der Waals surface area contributed by atoms with Crippen molar-refractivity contribution >= 4 is 17.3 Å². The van der Waals surface area contributed by atoms with Gasteiger partial charge in [-0.3, -0.25) is 9.48 Å². The molecule has 6 heteroatoms. The Balaban J connectivity index is 1.51.